The van der Waals surface area contributed by atoms with Crippen LogP contribution in [0.4, 0.5) is 10.5 Å². The average Bonchev–Trinajstić information content (AvgIpc) is 3.54. The molecule has 1 atom stereocenters. The van der Waals surface area contributed by atoms with Crippen molar-refractivity contribution in [2.45, 2.75) is 37.8 Å². The Kier molecular flexibility index (Phi) is 5.76. The van der Waals surface area contributed by atoms with Gasteiger partial charge in [-0.05, 0) is 42.0 Å². The number of carboxylic acids is 1. The topological polar surface area (TPSA) is 114 Å². The second kappa shape index (κ2) is 8.90. The smallest absolute Gasteiger partial charge is 0.411 e. The van der Waals surface area contributed by atoms with E-state index in [9.17, 15) is 19.5 Å². The third kappa shape index (κ3) is 4.14. The second-order valence-electron chi connectivity index (χ2n) is 9.11. The SMILES string of the molecule is C[C@]1(C(=O)O)CCCN1C(=O)Cn1cc(NC(=O)OCC2c3ccccc3-c3ccccc32)cn1. The molecule has 0 bridgehead atoms. The van der Waals surface area contributed by atoms with E-state index >= 15 is 0 Å². The number of carbonyl (C=O) groups excluding carboxylic acids is 2. The maximum atomic E-state index is 12.7. The third-order valence-electron chi connectivity index (χ3n) is 6.92. The van der Waals surface area contributed by atoms with E-state index in [1.54, 1.807) is 6.92 Å². The van der Waals surface area contributed by atoms with E-state index in [-0.39, 0.29) is 25.0 Å². The fourth-order valence-electron chi connectivity index (χ4n) is 5.08. The largest absolute Gasteiger partial charge is 0.480 e. The van der Waals surface area contributed by atoms with Crippen LogP contribution in [-0.2, 0) is 20.9 Å². The van der Waals surface area contributed by atoms with Crippen LogP contribution in [0.2, 0.25) is 0 Å². The van der Waals surface area contributed by atoms with Crippen molar-refractivity contribution in [3.63, 3.8) is 0 Å². The summed E-state index contributed by atoms with van der Waals surface area (Å²) in [6.07, 6.45) is 3.39. The number of amides is 2. The maximum Gasteiger partial charge on any atom is 0.411 e. The molecule has 0 radical (unpaired) electrons. The summed E-state index contributed by atoms with van der Waals surface area (Å²) in [7, 11) is 0. The number of benzene rings is 2. The molecule has 9 heteroatoms. The Bertz CT molecular complexity index is 1260. The molecule has 0 spiro atoms. The summed E-state index contributed by atoms with van der Waals surface area (Å²) in [5.74, 6) is -1.39. The van der Waals surface area contributed by atoms with Crippen molar-refractivity contribution in [3.8, 4) is 11.1 Å². The fourth-order valence-corrected chi connectivity index (χ4v) is 5.08. The molecule has 1 aliphatic heterocycles. The zero-order chi connectivity index (χ0) is 24.6. The summed E-state index contributed by atoms with van der Waals surface area (Å²) < 4.78 is 6.92. The molecule has 1 saturated heterocycles. The number of rotatable bonds is 6. The van der Waals surface area contributed by atoms with Gasteiger partial charge in [-0.25, -0.2) is 9.59 Å². The van der Waals surface area contributed by atoms with Gasteiger partial charge in [-0.2, -0.15) is 5.10 Å². The average molecular weight is 475 g/mol. The number of fused-ring (bicyclic) bond motifs is 3. The van der Waals surface area contributed by atoms with Gasteiger partial charge in [-0.3, -0.25) is 14.8 Å². The Morgan fingerprint density at radius 1 is 1.11 bits per heavy atom. The number of anilines is 1. The summed E-state index contributed by atoms with van der Waals surface area (Å²) in [6, 6.07) is 16.2. The number of carbonyl (C=O) groups is 3. The van der Waals surface area contributed by atoms with Crippen LogP contribution >= 0.6 is 0 Å². The van der Waals surface area contributed by atoms with Crippen molar-refractivity contribution in [2.75, 3.05) is 18.5 Å². The second-order valence-corrected chi connectivity index (χ2v) is 9.11. The van der Waals surface area contributed by atoms with E-state index in [0.29, 0.717) is 25.1 Å². The Balaban J connectivity index is 1.19. The summed E-state index contributed by atoms with van der Waals surface area (Å²) in [5.41, 5.74) is 3.75. The number of aromatic nitrogens is 2. The van der Waals surface area contributed by atoms with Crippen molar-refractivity contribution in [3.05, 3.63) is 72.1 Å². The molecule has 2 N–H and O–H groups in total. The van der Waals surface area contributed by atoms with Crippen molar-refractivity contribution < 1.29 is 24.2 Å². The van der Waals surface area contributed by atoms with E-state index in [2.05, 4.69) is 34.7 Å². The van der Waals surface area contributed by atoms with Gasteiger partial charge >= 0.3 is 12.1 Å². The van der Waals surface area contributed by atoms with Crippen LogP contribution in [0.1, 0.15) is 36.8 Å². The first kappa shape index (κ1) is 22.6. The van der Waals surface area contributed by atoms with Crippen molar-refractivity contribution >= 4 is 23.7 Å². The maximum absolute atomic E-state index is 12.7. The summed E-state index contributed by atoms with van der Waals surface area (Å²) in [6.45, 7) is 2.03. The zero-order valence-corrected chi connectivity index (χ0v) is 19.3. The number of ether oxygens (including phenoxy) is 1. The molecule has 2 aliphatic rings. The molecule has 0 unspecified atom stereocenters. The molecule has 9 nitrogen and oxygen atoms in total. The van der Waals surface area contributed by atoms with Crippen LogP contribution in [0.5, 0.6) is 0 Å². The van der Waals surface area contributed by atoms with Crippen molar-refractivity contribution in [1.29, 1.82) is 0 Å². The molecular weight excluding hydrogens is 448 g/mol. The predicted octanol–water partition coefficient (Wildman–Crippen LogP) is 3.71. The third-order valence-corrected chi connectivity index (χ3v) is 6.92. The molecule has 2 heterocycles. The Labute approximate surface area is 202 Å². The molecule has 3 aromatic rings. The quantitative estimate of drug-likeness (QED) is 0.563. The van der Waals surface area contributed by atoms with E-state index in [4.69, 9.17) is 4.74 Å². The first-order chi connectivity index (χ1) is 16.9. The van der Waals surface area contributed by atoms with Crippen molar-refractivity contribution in [1.82, 2.24) is 14.7 Å². The Morgan fingerprint density at radius 2 is 1.77 bits per heavy atom. The minimum absolute atomic E-state index is 0.0440. The fraction of sp³-hybridized carbons (Fsp3) is 0.308. The van der Waals surface area contributed by atoms with E-state index in [1.165, 1.54) is 22.0 Å². The summed E-state index contributed by atoms with van der Waals surface area (Å²) in [5, 5.41) is 16.3. The monoisotopic (exact) mass is 474 g/mol. The Morgan fingerprint density at radius 3 is 2.43 bits per heavy atom. The summed E-state index contributed by atoms with van der Waals surface area (Å²) in [4.78, 5) is 38.2. The van der Waals surface area contributed by atoms with Crippen LogP contribution in [-0.4, -0.2) is 56.4 Å². The molecule has 1 fully saturated rings. The molecule has 2 amide bonds. The standard InChI is InChI=1S/C26H26N4O5/c1-26(24(32)33)11-6-12-30(26)23(31)15-29-14-17(13-27-29)28-25(34)35-16-22-20-9-4-2-7-18(20)19-8-3-5-10-21(19)22/h2-5,7-10,13-14,22H,6,11-12,15-16H2,1H3,(H,28,34)(H,32,33)/t26-/m1/s1. The van der Waals surface area contributed by atoms with Gasteiger partial charge < -0.3 is 14.7 Å². The highest BCUT2D eigenvalue weighted by Gasteiger charge is 2.45. The van der Waals surface area contributed by atoms with E-state index in [0.717, 1.165) is 22.3 Å². The van der Waals surface area contributed by atoms with Crippen molar-refractivity contribution in [2.24, 2.45) is 0 Å². The van der Waals surface area contributed by atoms with Gasteiger partial charge in [0, 0.05) is 18.7 Å². The number of nitrogens with zero attached hydrogens (tertiary/aromatic N) is 3. The highest BCUT2D eigenvalue weighted by molar-refractivity contribution is 5.88. The number of nitrogens with one attached hydrogen (secondary N) is 1. The first-order valence-electron chi connectivity index (χ1n) is 11.5. The molecule has 180 valence electrons. The lowest BCUT2D eigenvalue weighted by molar-refractivity contribution is -0.155. The lowest BCUT2D eigenvalue weighted by Crippen LogP contribution is -2.51. The number of hydrogen-bond acceptors (Lipinski definition) is 5. The zero-order valence-electron chi connectivity index (χ0n) is 19.3. The number of hydrogen-bond donors (Lipinski definition) is 2. The minimum atomic E-state index is -1.20. The van der Waals surface area contributed by atoms with Gasteiger partial charge in [0.2, 0.25) is 5.91 Å². The minimum Gasteiger partial charge on any atom is -0.480 e. The molecule has 2 aromatic carbocycles. The van der Waals surface area contributed by atoms with Gasteiger partial charge in [0.25, 0.3) is 0 Å². The van der Waals surface area contributed by atoms with Crippen LogP contribution in [0, 0.1) is 0 Å². The number of likely N-dealkylation sites (tertiary alicyclic amines) is 1. The van der Waals surface area contributed by atoms with Gasteiger partial charge in [-0.15, -0.1) is 0 Å². The van der Waals surface area contributed by atoms with Crippen LogP contribution < -0.4 is 5.32 Å². The molecule has 35 heavy (non-hydrogen) atoms. The highest BCUT2D eigenvalue weighted by Crippen LogP contribution is 2.44. The molecule has 5 rings (SSSR count). The lowest BCUT2D eigenvalue weighted by Gasteiger charge is -2.31. The predicted molar refractivity (Wildman–Crippen MR) is 128 cm³/mol. The molecule has 1 aliphatic carbocycles. The highest BCUT2D eigenvalue weighted by atomic mass is 16.5. The van der Waals surface area contributed by atoms with Gasteiger partial charge in [0.1, 0.15) is 18.7 Å². The van der Waals surface area contributed by atoms with Gasteiger partial charge in [0.15, 0.2) is 0 Å². The van der Waals surface area contributed by atoms with Crippen LogP contribution in [0.15, 0.2) is 60.9 Å². The van der Waals surface area contributed by atoms with E-state index in [1.807, 2.05) is 24.3 Å². The molecule has 0 saturated carbocycles. The van der Waals surface area contributed by atoms with Crippen LogP contribution in [0.25, 0.3) is 11.1 Å². The van der Waals surface area contributed by atoms with Gasteiger partial charge in [-0.1, -0.05) is 48.5 Å². The number of carboxylic acid groups (broad SMARTS) is 1. The normalized spacial score (nSPS) is 18.7. The van der Waals surface area contributed by atoms with Crippen LogP contribution in [0.3, 0.4) is 0 Å². The molecule has 1 aromatic heterocycles. The van der Waals surface area contributed by atoms with Gasteiger partial charge in [0.05, 0.1) is 11.9 Å². The Hall–Kier alpha value is -4.14. The molecular formula is C26H26N4O5. The first-order valence-corrected chi connectivity index (χ1v) is 11.5. The number of aliphatic carboxylic acids is 1. The summed E-state index contributed by atoms with van der Waals surface area (Å²) >= 11 is 0. The van der Waals surface area contributed by atoms with E-state index < -0.39 is 17.6 Å². The lowest BCUT2D eigenvalue weighted by atomic mass is 9.98.